The van der Waals surface area contributed by atoms with Crippen LogP contribution in [0.2, 0.25) is 0 Å². The molecule has 21 heavy (non-hydrogen) atoms. The zero-order valence-electron chi connectivity index (χ0n) is 12.5. The van der Waals surface area contributed by atoms with Crippen molar-refractivity contribution in [2.75, 3.05) is 44.7 Å². The summed E-state index contributed by atoms with van der Waals surface area (Å²) in [6.45, 7) is 4.44. The van der Waals surface area contributed by atoms with E-state index in [9.17, 15) is 9.90 Å². The number of para-hydroxylation sites is 2. The lowest BCUT2D eigenvalue weighted by atomic mass is 10.1. The van der Waals surface area contributed by atoms with Crippen LogP contribution in [0.4, 0.5) is 5.69 Å². The van der Waals surface area contributed by atoms with Crippen LogP contribution < -0.4 is 9.64 Å². The molecule has 1 aliphatic rings. The van der Waals surface area contributed by atoms with Gasteiger partial charge in [-0.2, -0.15) is 0 Å². The first-order valence-electron chi connectivity index (χ1n) is 7.00. The molecule has 0 amide bonds. The van der Waals surface area contributed by atoms with Gasteiger partial charge in [-0.3, -0.25) is 4.90 Å². The summed E-state index contributed by atoms with van der Waals surface area (Å²) in [6.07, 6.45) is 0. The summed E-state index contributed by atoms with van der Waals surface area (Å²) >= 11 is 0. The summed E-state index contributed by atoms with van der Waals surface area (Å²) in [5, 5.41) is 18.8. The number of aliphatic carboxylic acids is 1. The van der Waals surface area contributed by atoms with E-state index in [1.807, 2.05) is 29.2 Å². The fourth-order valence-electron chi connectivity index (χ4n) is 2.54. The molecular formula is C15H22N2O4. The van der Waals surface area contributed by atoms with Crippen LogP contribution in [0.1, 0.15) is 6.92 Å². The summed E-state index contributed by atoms with van der Waals surface area (Å²) in [7, 11) is 1.65. The van der Waals surface area contributed by atoms with E-state index in [0.717, 1.165) is 24.5 Å². The summed E-state index contributed by atoms with van der Waals surface area (Å²) < 4.78 is 5.36. The van der Waals surface area contributed by atoms with E-state index in [4.69, 9.17) is 9.84 Å². The molecule has 1 fully saturated rings. The Balaban J connectivity index is 1.96. The van der Waals surface area contributed by atoms with E-state index in [1.165, 1.54) is 6.92 Å². The van der Waals surface area contributed by atoms with Gasteiger partial charge < -0.3 is 19.8 Å². The summed E-state index contributed by atoms with van der Waals surface area (Å²) in [5.41, 5.74) is -0.656. The van der Waals surface area contributed by atoms with Crippen molar-refractivity contribution < 1.29 is 19.7 Å². The van der Waals surface area contributed by atoms with Gasteiger partial charge in [0.2, 0.25) is 0 Å². The molecule has 0 saturated carbocycles. The lowest BCUT2D eigenvalue weighted by molar-refractivity contribution is -0.158. The molecule has 6 nitrogen and oxygen atoms in total. The summed E-state index contributed by atoms with van der Waals surface area (Å²) in [5.74, 6) is -0.349. The van der Waals surface area contributed by atoms with Crippen molar-refractivity contribution in [3.05, 3.63) is 24.3 Å². The third kappa shape index (κ3) is 3.65. The van der Waals surface area contributed by atoms with E-state index < -0.39 is 11.6 Å². The zero-order valence-corrected chi connectivity index (χ0v) is 12.5. The van der Waals surface area contributed by atoms with E-state index in [2.05, 4.69) is 4.90 Å². The van der Waals surface area contributed by atoms with Crippen molar-refractivity contribution in [3.8, 4) is 5.75 Å². The van der Waals surface area contributed by atoms with Crippen LogP contribution in [0.15, 0.2) is 24.3 Å². The maximum absolute atomic E-state index is 11.0. The Morgan fingerprint density at radius 2 is 1.90 bits per heavy atom. The number of carboxylic acid groups (broad SMARTS) is 1. The highest BCUT2D eigenvalue weighted by Gasteiger charge is 2.33. The van der Waals surface area contributed by atoms with Crippen LogP contribution in [0.5, 0.6) is 5.75 Å². The largest absolute Gasteiger partial charge is 0.495 e. The summed E-state index contributed by atoms with van der Waals surface area (Å²) in [4.78, 5) is 15.1. The van der Waals surface area contributed by atoms with Gasteiger partial charge in [0, 0.05) is 32.7 Å². The minimum absolute atomic E-state index is 0.141. The molecule has 116 valence electrons. The van der Waals surface area contributed by atoms with Crippen LogP contribution in [0.3, 0.4) is 0 Å². The van der Waals surface area contributed by atoms with Gasteiger partial charge in [0.15, 0.2) is 5.60 Å². The van der Waals surface area contributed by atoms with Gasteiger partial charge in [-0.25, -0.2) is 4.79 Å². The van der Waals surface area contributed by atoms with Crippen molar-refractivity contribution in [3.63, 3.8) is 0 Å². The molecule has 0 radical (unpaired) electrons. The molecule has 1 aromatic rings. The van der Waals surface area contributed by atoms with Crippen molar-refractivity contribution in [2.45, 2.75) is 12.5 Å². The third-order valence-corrected chi connectivity index (χ3v) is 3.79. The van der Waals surface area contributed by atoms with Gasteiger partial charge in [0.25, 0.3) is 0 Å². The molecule has 1 atom stereocenters. The number of β-amino-alcohol motifs (C(OH)–C–C–N with tert-alkyl or cyclic N) is 1. The average molecular weight is 294 g/mol. The van der Waals surface area contributed by atoms with Crippen LogP contribution in [0.25, 0.3) is 0 Å². The maximum atomic E-state index is 11.0. The third-order valence-electron chi connectivity index (χ3n) is 3.79. The molecule has 1 aliphatic heterocycles. The van der Waals surface area contributed by atoms with E-state index in [0.29, 0.717) is 13.1 Å². The molecule has 1 aromatic carbocycles. The number of anilines is 1. The normalized spacial score (nSPS) is 19.1. The monoisotopic (exact) mass is 294 g/mol. The Morgan fingerprint density at radius 3 is 2.48 bits per heavy atom. The second kappa shape index (κ2) is 6.32. The Hall–Kier alpha value is -1.79. The fraction of sp³-hybridized carbons (Fsp3) is 0.533. The molecule has 6 heteroatoms. The van der Waals surface area contributed by atoms with Crippen LogP contribution in [-0.2, 0) is 4.79 Å². The number of methoxy groups -OCH3 is 1. The Kier molecular flexibility index (Phi) is 4.69. The number of nitrogens with zero attached hydrogens (tertiary/aromatic N) is 2. The Bertz CT molecular complexity index is 496. The van der Waals surface area contributed by atoms with E-state index in [-0.39, 0.29) is 6.54 Å². The number of ether oxygens (including phenoxy) is 1. The highest BCUT2D eigenvalue weighted by Crippen LogP contribution is 2.28. The number of hydrogen-bond acceptors (Lipinski definition) is 5. The average Bonchev–Trinajstić information content (AvgIpc) is 2.47. The Labute approximate surface area is 124 Å². The van der Waals surface area contributed by atoms with Gasteiger partial charge in [0.1, 0.15) is 5.75 Å². The quantitative estimate of drug-likeness (QED) is 0.831. The smallest absolute Gasteiger partial charge is 0.336 e. The first kappa shape index (κ1) is 15.6. The van der Waals surface area contributed by atoms with Gasteiger partial charge >= 0.3 is 5.97 Å². The van der Waals surface area contributed by atoms with Crippen LogP contribution in [0, 0.1) is 0 Å². The SMILES string of the molecule is COc1ccccc1N1CCN(CC(C)(O)C(=O)O)CC1. The van der Waals surface area contributed by atoms with Crippen molar-refractivity contribution in [2.24, 2.45) is 0 Å². The number of piperazine rings is 1. The minimum atomic E-state index is -1.70. The molecular weight excluding hydrogens is 272 g/mol. The molecule has 0 bridgehead atoms. The lowest BCUT2D eigenvalue weighted by Gasteiger charge is -2.38. The number of hydrogen-bond donors (Lipinski definition) is 2. The maximum Gasteiger partial charge on any atom is 0.336 e. The lowest BCUT2D eigenvalue weighted by Crippen LogP contribution is -2.53. The number of rotatable bonds is 5. The zero-order chi connectivity index (χ0) is 15.5. The van der Waals surface area contributed by atoms with Crippen LogP contribution in [-0.4, -0.2) is 66.5 Å². The van der Waals surface area contributed by atoms with Crippen molar-refractivity contribution >= 4 is 11.7 Å². The molecule has 0 aromatic heterocycles. The van der Waals surface area contributed by atoms with Gasteiger partial charge in [0.05, 0.1) is 12.8 Å². The number of carbonyl (C=O) groups is 1. The highest BCUT2D eigenvalue weighted by atomic mass is 16.5. The van der Waals surface area contributed by atoms with Crippen molar-refractivity contribution in [1.82, 2.24) is 4.90 Å². The molecule has 0 spiro atoms. The second-order valence-electron chi connectivity index (χ2n) is 5.51. The molecule has 1 heterocycles. The summed E-state index contributed by atoms with van der Waals surface area (Å²) in [6, 6.07) is 7.85. The van der Waals surface area contributed by atoms with Gasteiger partial charge in [-0.1, -0.05) is 12.1 Å². The minimum Gasteiger partial charge on any atom is -0.495 e. The Morgan fingerprint density at radius 1 is 1.29 bits per heavy atom. The van der Waals surface area contributed by atoms with Crippen molar-refractivity contribution in [1.29, 1.82) is 0 Å². The van der Waals surface area contributed by atoms with Gasteiger partial charge in [-0.15, -0.1) is 0 Å². The fourth-order valence-corrected chi connectivity index (χ4v) is 2.54. The van der Waals surface area contributed by atoms with E-state index in [1.54, 1.807) is 7.11 Å². The van der Waals surface area contributed by atoms with Gasteiger partial charge in [-0.05, 0) is 19.1 Å². The first-order valence-corrected chi connectivity index (χ1v) is 7.00. The number of benzene rings is 1. The molecule has 1 saturated heterocycles. The molecule has 1 unspecified atom stereocenters. The molecule has 2 rings (SSSR count). The topological polar surface area (TPSA) is 73.2 Å². The number of carboxylic acids is 1. The first-order chi connectivity index (χ1) is 9.94. The van der Waals surface area contributed by atoms with E-state index >= 15 is 0 Å². The molecule has 0 aliphatic carbocycles. The second-order valence-corrected chi connectivity index (χ2v) is 5.51. The van der Waals surface area contributed by atoms with Crippen LogP contribution >= 0.6 is 0 Å². The standard InChI is InChI=1S/C15H22N2O4/c1-15(20,14(18)19)11-16-7-9-17(10-8-16)12-5-3-4-6-13(12)21-2/h3-6,20H,7-11H2,1-2H3,(H,18,19). The predicted molar refractivity (Wildman–Crippen MR) is 79.9 cm³/mol. The molecule has 2 N–H and O–H groups in total. The predicted octanol–water partition coefficient (Wildman–Crippen LogP) is 0.653. The number of aliphatic hydroxyl groups is 1. The highest BCUT2D eigenvalue weighted by molar-refractivity contribution is 5.76.